The van der Waals surface area contributed by atoms with Crippen LogP contribution in [0.4, 0.5) is 5.82 Å². The SMILES string of the molecule is NCC[PH](=O)C(O)[C@H]1O[C@@H](n2ccc(N)nc2=O)[C@@H](O)[C@@H]1O. The van der Waals surface area contributed by atoms with Crippen molar-refractivity contribution in [1.29, 1.82) is 0 Å². The lowest BCUT2D eigenvalue weighted by molar-refractivity contribution is -0.0646. The van der Waals surface area contributed by atoms with Gasteiger partial charge >= 0.3 is 5.69 Å². The van der Waals surface area contributed by atoms with Gasteiger partial charge in [0.05, 0.1) is 0 Å². The minimum absolute atomic E-state index is 0.00105. The number of aliphatic hydroxyl groups excluding tert-OH is 3. The maximum absolute atomic E-state index is 11.8. The van der Waals surface area contributed by atoms with Crippen molar-refractivity contribution in [2.75, 3.05) is 18.4 Å². The highest BCUT2D eigenvalue weighted by atomic mass is 31.1. The Morgan fingerprint density at radius 3 is 2.73 bits per heavy atom. The summed E-state index contributed by atoms with van der Waals surface area (Å²) in [5.41, 5.74) is 9.87. The maximum atomic E-state index is 11.8. The van der Waals surface area contributed by atoms with Gasteiger partial charge in [-0.3, -0.25) is 4.57 Å². The number of anilines is 1. The molecule has 1 saturated heterocycles. The van der Waals surface area contributed by atoms with E-state index in [0.717, 1.165) is 4.57 Å². The molecule has 2 unspecified atom stereocenters. The first-order valence-electron chi connectivity index (χ1n) is 6.64. The molecule has 124 valence electrons. The van der Waals surface area contributed by atoms with E-state index < -0.39 is 43.9 Å². The first kappa shape index (κ1) is 17.1. The van der Waals surface area contributed by atoms with Gasteiger partial charge in [0.15, 0.2) is 6.23 Å². The number of hydrogen-bond donors (Lipinski definition) is 5. The highest BCUT2D eigenvalue weighted by Gasteiger charge is 2.48. The predicted octanol–water partition coefficient (Wildman–Crippen LogP) is -2.72. The molecule has 0 spiro atoms. The quantitative estimate of drug-likeness (QED) is 0.358. The summed E-state index contributed by atoms with van der Waals surface area (Å²) in [5.74, 6) is -1.47. The molecular weight excluding hydrogens is 315 g/mol. The third-order valence-corrected chi connectivity index (χ3v) is 5.20. The van der Waals surface area contributed by atoms with Crippen LogP contribution < -0.4 is 17.2 Å². The zero-order chi connectivity index (χ0) is 16.4. The molecule has 0 bridgehead atoms. The second-order valence-electron chi connectivity index (χ2n) is 4.96. The molecule has 1 fully saturated rings. The molecule has 1 aromatic rings. The van der Waals surface area contributed by atoms with Gasteiger partial charge in [-0.25, -0.2) is 4.79 Å². The predicted molar refractivity (Wildman–Crippen MR) is 77.8 cm³/mol. The summed E-state index contributed by atoms with van der Waals surface area (Å²) in [4.78, 5) is 15.2. The Balaban J connectivity index is 2.23. The Morgan fingerprint density at radius 2 is 2.14 bits per heavy atom. The molecule has 0 saturated carbocycles. The van der Waals surface area contributed by atoms with Crippen molar-refractivity contribution in [2.24, 2.45) is 5.73 Å². The third-order valence-electron chi connectivity index (χ3n) is 3.43. The van der Waals surface area contributed by atoms with E-state index in [0.29, 0.717) is 0 Å². The van der Waals surface area contributed by atoms with Crippen LogP contribution in [-0.2, 0) is 9.30 Å². The zero-order valence-electron chi connectivity index (χ0n) is 11.6. The number of aliphatic hydroxyl groups is 3. The molecule has 11 heteroatoms. The van der Waals surface area contributed by atoms with E-state index >= 15 is 0 Å². The molecule has 1 aromatic heterocycles. The van der Waals surface area contributed by atoms with Crippen LogP contribution in [0.2, 0.25) is 0 Å². The molecule has 0 aliphatic carbocycles. The van der Waals surface area contributed by atoms with Gasteiger partial charge in [0.1, 0.15) is 37.8 Å². The van der Waals surface area contributed by atoms with Gasteiger partial charge in [-0.1, -0.05) is 0 Å². The van der Waals surface area contributed by atoms with Crippen molar-refractivity contribution in [2.45, 2.75) is 30.4 Å². The molecule has 0 aromatic carbocycles. The standard InChI is InChI=1S/C11H19N4O6P/c12-2-4-22(20)10(18)8-6(16)7(17)9(21-8)15-3-1-5(13)14-11(15)19/h1,3,6-10,16-18,22H,2,4,12H2,(H2,13,14,19)/t6-,7-,8-,9+,10?/m0/s1. The molecule has 0 amide bonds. The molecule has 2 rings (SSSR count). The zero-order valence-corrected chi connectivity index (χ0v) is 12.6. The smallest absolute Gasteiger partial charge is 0.351 e. The van der Waals surface area contributed by atoms with E-state index in [-0.39, 0.29) is 18.5 Å². The van der Waals surface area contributed by atoms with Crippen LogP contribution in [0.25, 0.3) is 0 Å². The van der Waals surface area contributed by atoms with Crippen LogP contribution in [-0.4, -0.2) is 61.7 Å². The molecule has 1 aliphatic rings. The van der Waals surface area contributed by atoms with E-state index in [4.69, 9.17) is 16.2 Å². The van der Waals surface area contributed by atoms with Crippen molar-refractivity contribution in [3.05, 3.63) is 22.7 Å². The first-order valence-corrected chi connectivity index (χ1v) is 8.33. The number of aromatic nitrogens is 2. The van der Waals surface area contributed by atoms with Crippen molar-refractivity contribution < 1.29 is 24.6 Å². The average molecular weight is 334 g/mol. The normalized spacial score (nSPS) is 31.1. The van der Waals surface area contributed by atoms with Crippen molar-refractivity contribution in [3.8, 4) is 0 Å². The lowest BCUT2D eigenvalue weighted by Crippen LogP contribution is -2.38. The highest BCUT2D eigenvalue weighted by Crippen LogP contribution is 2.38. The monoisotopic (exact) mass is 334 g/mol. The largest absolute Gasteiger partial charge is 0.387 e. The van der Waals surface area contributed by atoms with Crippen LogP contribution >= 0.6 is 7.80 Å². The van der Waals surface area contributed by atoms with E-state index in [1.54, 1.807) is 0 Å². The maximum Gasteiger partial charge on any atom is 0.351 e. The van der Waals surface area contributed by atoms with Gasteiger partial charge in [0.25, 0.3) is 0 Å². The Bertz CT molecular complexity index is 610. The van der Waals surface area contributed by atoms with E-state index in [9.17, 15) is 24.7 Å². The van der Waals surface area contributed by atoms with E-state index in [2.05, 4.69) is 4.98 Å². The van der Waals surface area contributed by atoms with Crippen molar-refractivity contribution in [3.63, 3.8) is 0 Å². The van der Waals surface area contributed by atoms with Crippen molar-refractivity contribution >= 4 is 13.6 Å². The van der Waals surface area contributed by atoms with Gasteiger partial charge in [-0.15, -0.1) is 0 Å². The van der Waals surface area contributed by atoms with E-state index in [1.807, 2.05) is 0 Å². The van der Waals surface area contributed by atoms with Gasteiger partial charge < -0.3 is 36.1 Å². The van der Waals surface area contributed by atoms with Gasteiger partial charge in [-0.2, -0.15) is 4.98 Å². The summed E-state index contributed by atoms with van der Waals surface area (Å²) in [6.45, 7) is 0.116. The van der Waals surface area contributed by atoms with Crippen LogP contribution in [0, 0.1) is 0 Å². The summed E-state index contributed by atoms with van der Waals surface area (Å²) < 4.78 is 18.1. The lowest BCUT2D eigenvalue weighted by atomic mass is 10.1. The van der Waals surface area contributed by atoms with Gasteiger partial charge in [0.2, 0.25) is 0 Å². The minimum atomic E-state index is -2.52. The molecule has 1 aliphatic heterocycles. The number of ether oxygens (including phenoxy) is 1. The second-order valence-corrected chi connectivity index (χ2v) is 6.99. The number of nitrogen functional groups attached to an aromatic ring is 1. The van der Waals surface area contributed by atoms with E-state index in [1.165, 1.54) is 12.3 Å². The number of hydrogen-bond acceptors (Lipinski definition) is 9. The van der Waals surface area contributed by atoms with Crippen LogP contribution in [0.1, 0.15) is 6.23 Å². The highest BCUT2D eigenvalue weighted by molar-refractivity contribution is 7.45. The third kappa shape index (κ3) is 3.22. The van der Waals surface area contributed by atoms with Crippen LogP contribution in [0.5, 0.6) is 0 Å². The topological polar surface area (TPSA) is 174 Å². The van der Waals surface area contributed by atoms with Crippen LogP contribution in [0.3, 0.4) is 0 Å². The first-order chi connectivity index (χ1) is 10.4. The Kier molecular flexibility index (Phi) is 5.32. The molecular formula is C11H19N4O6P. The summed E-state index contributed by atoms with van der Waals surface area (Å²) in [5, 5.41) is 30.0. The Hall–Kier alpha value is -1.29. The minimum Gasteiger partial charge on any atom is -0.387 e. The number of rotatable bonds is 5. The van der Waals surface area contributed by atoms with Crippen molar-refractivity contribution in [1.82, 2.24) is 9.55 Å². The number of nitrogens with two attached hydrogens (primary N) is 2. The summed E-state index contributed by atoms with van der Waals surface area (Å²) in [6, 6.07) is 1.32. The fourth-order valence-electron chi connectivity index (χ4n) is 2.27. The Morgan fingerprint density at radius 1 is 1.45 bits per heavy atom. The Labute approximate surface area is 126 Å². The number of nitrogens with zero attached hydrogens (tertiary/aromatic N) is 2. The average Bonchev–Trinajstić information content (AvgIpc) is 2.75. The molecule has 0 radical (unpaired) electrons. The molecule has 10 nitrogen and oxygen atoms in total. The summed E-state index contributed by atoms with van der Waals surface area (Å²) in [7, 11) is -2.52. The molecule has 2 heterocycles. The second kappa shape index (κ2) is 6.86. The van der Waals surface area contributed by atoms with Gasteiger partial charge in [0, 0.05) is 12.4 Å². The summed E-state index contributed by atoms with van der Waals surface area (Å²) >= 11 is 0. The summed E-state index contributed by atoms with van der Waals surface area (Å²) in [6.07, 6.45) is -4.21. The van der Waals surface area contributed by atoms with Crippen LogP contribution in [0.15, 0.2) is 17.1 Å². The fraction of sp³-hybridized carbons (Fsp3) is 0.636. The molecule has 7 N–H and O–H groups in total. The lowest BCUT2D eigenvalue weighted by Gasteiger charge is -2.20. The fourth-order valence-corrected chi connectivity index (χ4v) is 3.49. The molecule has 6 atom stereocenters. The molecule has 22 heavy (non-hydrogen) atoms. The van der Waals surface area contributed by atoms with Gasteiger partial charge in [-0.05, 0) is 12.6 Å².